The van der Waals surface area contributed by atoms with Crippen LogP contribution < -0.4 is 14.0 Å². The van der Waals surface area contributed by atoms with Gasteiger partial charge in [-0.1, -0.05) is 24.3 Å². The van der Waals surface area contributed by atoms with Crippen molar-refractivity contribution in [1.82, 2.24) is 4.48 Å². The molecule has 128 valence electrons. The summed E-state index contributed by atoms with van der Waals surface area (Å²) in [6.45, 7) is 0. The SMILES string of the molecule is COc1ccc(CCC2CCc3ccccc3[N+]2(C)C)cc1OC. The predicted molar refractivity (Wildman–Crippen MR) is 100 cm³/mol. The van der Waals surface area contributed by atoms with E-state index in [1.54, 1.807) is 14.2 Å². The van der Waals surface area contributed by atoms with Crippen molar-refractivity contribution in [2.24, 2.45) is 0 Å². The lowest BCUT2D eigenvalue weighted by Gasteiger charge is -2.42. The first-order valence-corrected chi connectivity index (χ1v) is 8.69. The molecule has 1 unspecified atom stereocenters. The van der Waals surface area contributed by atoms with E-state index in [-0.39, 0.29) is 0 Å². The fourth-order valence-corrected chi connectivity index (χ4v) is 3.96. The molecule has 0 radical (unpaired) electrons. The molecule has 0 spiro atoms. The second kappa shape index (κ2) is 6.86. The molecule has 2 aromatic rings. The van der Waals surface area contributed by atoms with Crippen LogP contribution >= 0.6 is 0 Å². The zero-order valence-corrected chi connectivity index (χ0v) is 15.2. The van der Waals surface area contributed by atoms with Crippen molar-refractivity contribution < 1.29 is 9.47 Å². The minimum Gasteiger partial charge on any atom is -0.493 e. The Kier molecular flexibility index (Phi) is 4.81. The number of methoxy groups -OCH3 is 2. The van der Waals surface area contributed by atoms with E-state index in [1.165, 1.54) is 36.1 Å². The summed E-state index contributed by atoms with van der Waals surface area (Å²) in [7, 11) is 8.06. The number of hydrogen-bond donors (Lipinski definition) is 0. The minimum atomic E-state index is 0.646. The van der Waals surface area contributed by atoms with Gasteiger partial charge in [-0.05, 0) is 36.6 Å². The number of nitrogens with zero attached hydrogens (tertiary/aromatic N) is 1. The molecule has 3 rings (SSSR count). The van der Waals surface area contributed by atoms with Crippen molar-refractivity contribution in [1.29, 1.82) is 0 Å². The van der Waals surface area contributed by atoms with Gasteiger partial charge in [-0.15, -0.1) is 0 Å². The Morgan fingerprint density at radius 2 is 1.75 bits per heavy atom. The number of benzene rings is 2. The number of para-hydroxylation sites is 1. The van der Waals surface area contributed by atoms with E-state index in [2.05, 4.69) is 50.5 Å². The van der Waals surface area contributed by atoms with Gasteiger partial charge in [-0.25, -0.2) is 0 Å². The topological polar surface area (TPSA) is 18.5 Å². The van der Waals surface area contributed by atoms with Crippen LogP contribution in [-0.2, 0) is 12.8 Å². The van der Waals surface area contributed by atoms with Crippen LogP contribution in [0.25, 0.3) is 0 Å². The van der Waals surface area contributed by atoms with E-state index in [1.807, 2.05) is 6.07 Å². The van der Waals surface area contributed by atoms with Gasteiger partial charge in [0.1, 0.15) is 5.69 Å². The Labute approximate surface area is 145 Å². The quantitative estimate of drug-likeness (QED) is 0.766. The fraction of sp³-hybridized carbons (Fsp3) is 0.429. The zero-order valence-electron chi connectivity index (χ0n) is 15.2. The second-order valence-electron chi connectivity index (χ2n) is 7.09. The number of aryl methyl sites for hydroxylation is 2. The molecule has 0 saturated heterocycles. The van der Waals surface area contributed by atoms with E-state index in [0.29, 0.717) is 6.04 Å². The largest absolute Gasteiger partial charge is 0.493 e. The third-order valence-electron chi connectivity index (χ3n) is 5.49. The maximum Gasteiger partial charge on any atom is 0.160 e. The highest BCUT2D eigenvalue weighted by atomic mass is 16.5. The van der Waals surface area contributed by atoms with Gasteiger partial charge in [0.05, 0.1) is 34.4 Å². The molecule has 1 aliphatic rings. The Morgan fingerprint density at radius 3 is 2.50 bits per heavy atom. The van der Waals surface area contributed by atoms with Crippen LogP contribution in [0.1, 0.15) is 24.0 Å². The van der Waals surface area contributed by atoms with Gasteiger partial charge in [0.25, 0.3) is 0 Å². The van der Waals surface area contributed by atoms with E-state index in [9.17, 15) is 0 Å². The normalized spacial score (nSPS) is 18.8. The number of fused-ring (bicyclic) bond motifs is 1. The summed E-state index contributed by atoms with van der Waals surface area (Å²) < 4.78 is 11.7. The smallest absolute Gasteiger partial charge is 0.160 e. The highest BCUT2D eigenvalue weighted by molar-refractivity contribution is 5.52. The highest BCUT2D eigenvalue weighted by Crippen LogP contribution is 2.36. The third kappa shape index (κ3) is 3.13. The molecule has 0 aliphatic carbocycles. The molecule has 1 atom stereocenters. The number of ether oxygens (including phenoxy) is 2. The summed E-state index contributed by atoms with van der Waals surface area (Å²) >= 11 is 0. The standard InChI is InChI=1S/C21H28NO2/c1-22(2)18(13-11-17-7-5-6-8-19(17)22)12-9-16-10-14-20(23-3)21(15-16)24-4/h5-8,10,14-15,18H,9,11-13H2,1-4H3/q+1. The van der Waals surface area contributed by atoms with Crippen LogP contribution in [0, 0.1) is 0 Å². The molecule has 2 aromatic carbocycles. The summed E-state index contributed by atoms with van der Waals surface area (Å²) in [6.07, 6.45) is 4.68. The average Bonchev–Trinajstić information content (AvgIpc) is 2.61. The second-order valence-corrected chi connectivity index (χ2v) is 7.09. The van der Waals surface area contributed by atoms with Crippen LogP contribution in [0.3, 0.4) is 0 Å². The predicted octanol–water partition coefficient (Wildman–Crippen LogP) is 4.22. The summed E-state index contributed by atoms with van der Waals surface area (Å²) in [5.74, 6) is 1.61. The molecule has 1 heterocycles. The summed E-state index contributed by atoms with van der Waals surface area (Å²) in [6, 6.07) is 15.8. The fourth-order valence-electron chi connectivity index (χ4n) is 3.96. The van der Waals surface area contributed by atoms with Gasteiger partial charge in [-0.2, -0.15) is 0 Å². The average molecular weight is 326 g/mol. The minimum absolute atomic E-state index is 0.646. The van der Waals surface area contributed by atoms with Crippen LogP contribution in [-0.4, -0.2) is 34.4 Å². The van der Waals surface area contributed by atoms with Crippen LogP contribution in [0.4, 0.5) is 5.69 Å². The van der Waals surface area contributed by atoms with E-state index in [0.717, 1.165) is 22.4 Å². The molecular weight excluding hydrogens is 298 g/mol. The molecule has 24 heavy (non-hydrogen) atoms. The summed E-state index contributed by atoms with van der Waals surface area (Å²) in [5, 5.41) is 0. The maximum atomic E-state index is 5.43. The van der Waals surface area contributed by atoms with Crippen LogP contribution in [0.2, 0.25) is 0 Å². The Bertz CT molecular complexity index is 709. The van der Waals surface area contributed by atoms with Gasteiger partial charge >= 0.3 is 0 Å². The van der Waals surface area contributed by atoms with Crippen molar-refractivity contribution in [2.45, 2.75) is 31.7 Å². The maximum absolute atomic E-state index is 5.43. The zero-order chi connectivity index (χ0) is 17.2. The number of hydrogen-bond acceptors (Lipinski definition) is 2. The van der Waals surface area contributed by atoms with Gasteiger partial charge in [0.2, 0.25) is 0 Å². The molecule has 1 aliphatic heterocycles. The number of quaternary nitrogens is 1. The van der Waals surface area contributed by atoms with E-state index < -0.39 is 0 Å². The monoisotopic (exact) mass is 326 g/mol. The first-order chi connectivity index (χ1) is 11.6. The Hall–Kier alpha value is -2.00. The van der Waals surface area contributed by atoms with Gasteiger partial charge in [0.15, 0.2) is 11.5 Å². The summed E-state index contributed by atoms with van der Waals surface area (Å²) in [5.41, 5.74) is 4.29. The molecule has 0 N–H and O–H groups in total. The number of rotatable bonds is 5. The van der Waals surface area contributed by atoms with E-state index in [4.69, 9.17) is 9.47 Å². The molecule has 0 amide bonds. The molecule has 3 nitrogen and oxygen atoms in total. The third-order valence-corrected chi connectivity index (χ3v) is 5.49. The lowest BCUT2D eigenvalue weighted by molar-refractivity contribution is 0.246. The van der Waals surface area contributed by atoms with Gasteiger partial charge in [-0.3, -0.25) is 4.48 Å². The van der Waals surface area contributed by atoms with Crippen molar-refractivity contribution in [3.63, 3.8) is 0 Å². The molecule has 3 heteroatoms. The van der Waals surface area contributed by atoms with Gasteiger partial charge < -0.3 is 9.47 Å². The van der Waals surface area contributed by atoms with Crippen LogP contribution in [0.15, 0.2) is 42.5 Å². The Balaban J connectivity index is 1.73. The lowest BCUT2D eigenvalue weighted by Crippen LogP contribution is -2.53. The van der Waals surface area contributed by atoms with Crippen molar-refractivity contribution in [2.75, 3.05) is 28.3 Å². The first-order valence-electron chi connectivity index (χ1n) is 8.69. The van der Waals surface area contributed by atoms with Crippen molar-refractivity contribution in [3.8, 4) is 11.5 Å². The Morgan fingerprint density at radius 1 is 1.00 bits per heavy atom. The van der Waals surface area contributed by atoms with Crippen LogP contribution in [0.5, 0.6) is 11.5 Å². The molecule has 0 bridgehead atoms. The highest BCUT2D eigenvalue weighted by Gasteiger charge is 2.35. The molecular formula is C21H28NO2+. The van der Waals surface area contributed by atoms with Crippen molar-refractivity contribution in [3.05, 3.63) is 53.6 Å². The molecule has 0 aromatic heterocycles. The first kappa shape index (κ1) is 16.8. The summed E-state index contributed by atoms with van der Waals surface area (Å²) in [4.78, 5) is 0. The van der Waals surface area contributed by atoms with Gasteiger partial charge in [0, 0.05) is 18.4 Å². The van der Waals surface area contributed by atoms with E-state index >= 15 is 0 Å². The van der Waals surface area contributed by atoms with Crippen molar-refractivity contribution >= 4 is 5.69 Å². The molecule has 0 fully saturated rings. The lowest BCUT2D eigenvalue weighted by atomic mass is 9.90. The molecule has 0 saturated carbocycles.